The SMILES string of the molecule is Cc1ccc2[nH]c3c(cc(O)c4c(=O)c5ccccc5c(=O)c43)[se]c2c1. The number of rotatable bonds is 0. The second kappa shape index (κ2) is 5.31. The van der Waals surface area contributed by atoms with E-state index < -0.39 is 0 Å². The molecule has 0 atom stereocenters. The Hall–Kier alpha value is -2.88. The van der Waals surface area contributed by atoms with Crippen LogP contribution in [-0.2, 0) is 0 Å². The van der Waals surface area contributed by atoms with E-state index in [2.05, 4.69) is 11.1 Å². The second-order valence-corrected chi connectivity index (χ2v) is 8.72. The van der Waals surface area contributed by atoms with E-state index in [0.717, 1.165) is 9.78 Å². The van der Waals surface area contributed by atoms with Gasteiger partial charge in [0.05, 0.1) is 0 Å². The third-order valence-corrected chi connectivity index (χ3v) is 7.06. The molecule has 26 heavy (non-hydrogen) atoms. The number of hydrogen-bond acceptors (Lipinski definition) is 3. The fourth-order valence-corrected chi connectivity index (χ4v) is 5.91. The van der Waals surface area contributed by atoms with Crippen molar-refractivity contribution >= 4 is 55.6 Å². The number of phenolic OH excluding ortho intramolecular Hbond substituents is 1. The molecule has 0 saturated carbocycles. The summed E-state index contributed by atoms with van der Waals surface area (Å²) in [4.78, 5) is 29.4. The van der Waals surface area contributed by atoms with Crippen LogP contribution in [0.15, 0.2) is 58.1 Å². The molecule has 0 amide bonds. The fourth-order valence-electron chi connectivity index (χ4n) is 3.53. The molecule has 1 heterocycles. The van der Waals surface area contributed by atoms with Crippen LogP contribution in [0.3, 0.4) is 0 Å². The Balaban J connectivity index is 2.13. The van der Waals surface area contributed by atoms with E-state index in [1.165, 1.54) is 9.82 Å². The van der Waals surface area contributed by atoms with Crippen LogP contribution in [0.5, 0.6) is 5.75 Å². The van der Waals surface area contributed by atoms with E-state index in [4.69, 9.17) is 0 Å². The number of fused-ring (bicyclic) bond motifs is 5. The van der Waals surface area contributed by atoms with Crippen LogP contribution in [0.25, 0.3) is 41.1 Å². The molecule has 126 valence electrons. The van der Waals surface area contributed by atoms with Crippen LogP contribution < -0.4 is 10.9 Å². The van der Waals surface area contributed by atoms with Crippen LogP contribution >= 0.6 is 0 Å². The van der Waals surface area contributed by atoms with Crippen LogP contribution in [0, 0.1) is 6.92 Å². The third kappa shape index (κ3) is 2.02. The summed E-state index contributed by atoms with van der Waals surface area (Å²) in [6.07, 6.45) is 0. The molecule has 5 rings (SSSR count). The molecular weight excluding hydrogens is 393 g/mol. The zero-order chi connectivity index (χ0) is 18.0. The Kier molecular flexibility index (Phi) is 3.14. The van der Waals surface area contributed by atoms with Crippen molar-refractivity contribution in [1.29, 1.82) is 0 Å². The average molecular weight is 406 g/mol. The molecule has 0 aliphatic rings. The summed E-state index contributed by atoms with van der Waals surface area (Å²) in [7, 11) is 0. The van der Waals surface area contributed by atoms with E-state index in [0.29, 0.717) is 16.3 Å². The Bertz CT molecular complexity index is 1500. The number of hydrogen-bond donors (Lipinski definition) is 2. The molecule has 0 spiro atoms. The van der Waals surface area contributed by atoms with Gasteiger partial charge in [-0.1, -0.05) is 0 Å². The zero-order valence-electron chi connectivity index (χ0n) is 13.8. The molecule has 4 nitrogen and oxygen atoms in total. The average Bonchev–Trinajstić information content (AvgIpc) is 2.64. The molecule has 0 aliphatic heterocycles. The van der Waals surface area contributed by atoms with Gasteiger partial charge in [-0.2, -0.15) is 0 Å². The van der Waals surface area contributed by atoms with Gasteiger partial charge in [-0.05, 0) is 0 Å². The zero-order valence-corrected chi connectivity index (χ0v) is 15.5. The number of aryl methyl sites for hydroxylation is 1. The predicted octanol–water partition coefficient (Wildman–Crippen LogP) is 3.42. The van der Waals surface area contributed by atoms with Gasteiger partial charge in [-0.3, -0.25) is 0 Å². The van der Waals surface area contributed by atoms with E-state index in [1.807, 2.05) is 19.1 Å². The fraction of sp³-hybridized carbons (Fsp3) is 0.0476. The number of aromatic amines is 1. The maximum atomic E-state index is 13.1. The van der Waals surface area contributed by atoms with E-state index >= 15 is 0 Å². The molecule has 0 fully saturated rings. The van der Waals surface area contributed by atoms with Crippen molar-refractivity contribution in [3.05, 3.63) is 74.5 Å². The van der Waals surface area contributed by atoms with E-state index in [9.17, 15) is 14.7 Å². The monoisotopic (exact) mass is 407 g/mol. The molecule has 5 aromatic rings. The Morgan fingerprint density at radius 2 is 1.58 bits per heavy atom. The third-order valence-electron chi connectivity index (χ3n) is 4.76. The van der Waals surface area contributed by atoms with Crippen molar-refractivity contribution in [3.8, 4) is 5.75 Å². The molecule has 5 heteroatoms. The summed E-state index contributed by atoms with van der Waals surface area (Å²) in [5, 5.41) is 11.7. The molecule has 0 radical (unpaired) electrons. The molecule has 0 saturated heterocycles. The summed E-state index contributed by atoms with van der Waals surface area (Å²) in [5.74, 6) is -0.119. The predicted molar refractivity (Wildman–Crippen MR) is 107 cm³/mol. The molecular formula is C21H13NO3Se. The Morgan fingerprint density at radius 1 is 0.885 bits per heavy atom. The van der Waals surface area contributed by atoms with Gasteiger partial charge in [-0.15, -0.1) is 0 Å². The van der Waals surface area contributed by atoms with Gasteiger partial charge < -0.3 is 0 Å². The molecule has 0 bridgehead atoms. The molecule has 0 unspecified atom stereocenters. The van der Waals surface area contributed by atoms with Gasteiger partial charge >= 0.3 is 153 Å². The Labute approximate surface area is 153 Å². The molecule has 4 aromatic carbocycles. The van der Waals surface area contributed by atoms with E-state index in [1.54, 1.807) is 30.3 Å². The van der Waals surface area contributed by atoms with Crippen LogP contribution in [0.2, 0.25) is 0 Å². The first-order chi connectivity index (χ1) is 12.5. The summed E-state index contributed by atoms with van der Waals surface area (Å²) in [6, 6.07) is 14.5. The van der Waals surface area contributed by atoms with Crippen molar-refractivity contribution < 1.29 is 5.11 Å². The topological polar surface area (TPSA) is 70.2 Å². The summed E-state index contributed by atoms with van der Waals surface area (Å²) in [6.45, 7) is 2.04. The summed E-state index contributed by atoms with van der Waals surface area (Å²) < 4.78 is 2.05. The second-order valence-electron chi connectivity index (χ2n) is 6.45. The Morgan fingerprint density at radius 3 is 2.31 bits per heavy atom. The van der Waals surface area contributed by atoms with Crippen LogP contribution in [0.4, 0.5) is 0 Å². The van der Waals surface area contributed by atoms with Gasteiger partial charge in [0.15, 0.2) is 0 Å². The number of aromatic hydroxyl groups is 1. The summed E-state index contributed by atoms with van der Waals surface area (Å²) in [5.41, 5.74) is 2.25. The molecule has 0 aliphatic carbocycles. The molecule has 1 aromatic heterocycles. The minimum absolute atomic E-state index is 0.0608. The minimum atomic E-state index is -0.306. The first-order valence-electron chi connectivity index (χ1n) is 8.18. The van der Waals surface area contributed by atoms with Crippen molar-refractivity contribution in [3.63, 3.8) is 0 Å². The first-order valence-corrected chi connectivity index (χ1v) is 9.90. The summed E-state index contributed by atoms with van der Waals surface area (Å²) >= 11 is -0.0608. The molecule has 2 N–H and O–H groups in total. The van der Waals surface area contributed by atoms with Crippen molar-refractivity contribution in [2.24, 2.45) is 0 Å². The van der Waals surface area contributed by atoms with E-state index in [-0.39, 0.29) is 41.9 Å². The number of H-pyrrole nitrogens is 1. The van der Waals surface area contributed by atoms with Gasteiger partial charge in [0, 0.05) is 0 Å². The van der Waals surface area contributed by atoms with Crippen LogP contribution in [0.1, 0.15) is 5.56 Å². The number of nitrogens with one attached hydrogen (secondary N) is 1. The van der Waals surface area contributed by atoms with Gasteiger partial charge in [0.2, 0.25) is 0 Å². The number of benzene rings is 4. The maximum absolute atomic E-state index is 13.1. The van der Waals surface area contributed by atoms with Crippen molar-refractivity contribution in [2.75, 3.05) is 0 Å². The normalized spacial score (nSPS) is 11.7. The van der Waals surface area contributed by atoms with Gasteiger partial charge in [0.25, 0.3) is 0 Å². The van der Waals surface area contributed by atoms with Crippen LogP contribution in [-0.4, -0.2) is 24.6 Å². The standard InChI is InChI=1S/C21H13NO3Se/c1-10-6-7-13-15(8-10)26-16-9-14(23)17-18(19(16)22-13)21(25)12-5-3-2-4-11(12)20(17)24/h2-9,22-23H,1H3. The van der Waals surface area contributed by atoms with Gasteiger partial charge in [-0.25, -0.2) is 0 Å². The first kappa shape index (κ1) is 15.4. The number of phenols is 1. The van der Waals surface area contributed by atoms with Crippen molar-refractivity contribution in [1.82, 2.24) is 4.98 Å². The van der Waals surface area contributed by atoms with Crippen molar-refractivity contribution in [2.45, 2.75) is 6.92 Å². The number of aromatic nitrogens is 1. The van der Waals surface area contributed by atoms with Gasteiger partial charge in [0.1, 0.15) is 0 Å². The quantitative estimate of drug-likeness (QED) is 0.235.